The Bertz CT molecular complexity index is 314. The first-order chi connectivity index (χ1) is 6.06. The molecule has 0 aliphatic heterocycles. The van der Waals surface area contributed by atoms with Gasteiger partial charge in [0, 0.05) is 5.70 Å². The summed E-state index contributed by atoms with van der Waals surface area (Å²) in [6.45, 7) is 10.2. The molecule has 1 aromatic rings. The highest BCUT2D eigenvalue weighted by Crippen LogP contribution is 2.19. The van der Waals surface area contributed by atoms with Crippen LogP contribution >= 0.6 is 0 Å². The van der Waals surface area contributed by atoms with Crippen LogP contribution in [-0.2, 0) is 6.42 Å². The van der Waals surface area contributed by atoms with Crippen LogP contribution < -0.4 is 5.73 Å². The summed E-state index contributed by atoms with van der Waals surface area (Å²) < 4.78 is 0. The largest absolute Gasteiger partial charge is 0.399 e. The van der Waals surface area contributed by atoms with Crippen molar-refractivity contribution in [2.24, 2.45) is 5.73 Å². The summed E-state index contributed by atoms with van der Waals surface area (Å²) in [5.41, 5.74) is 11.4. The molecular weight excluding hydrogens is 158 g/mol. The monoisotopic (exact) mass is 175 g/mol. The second-order valence-electron chi connectivity index (χ2n) is 3.47. The SMILES string of the molecule is C=C(N)c1cc(C)c(CC)c(C)c1. The first-order valence-electron chi connectivity index (χ1n) is 4.61. The van der Waals surface area contributed by atoms with E-state index in [4.69, 9.17) is 5.73 Å². The van der Waals surface area contributed by atoms with Gasteiger partial charge in [0.15, 0.2) is 0 Å². The van der Waals surface area contributed by atoms with Gasteiger partial charge >= 0.3 is 0 Å². The zero-order chi connectivity index (χ0) is 10.0. The van der Waals surface area contributed by atoms with E-state index in [0.29, 0.717) is 5.70 Å². The van der Waals surface area contributed by atoms with Crippen molar-refractivity contribution in [1.29, 1.82) is 0 Å². The van der Waals surface area contributed by atoms with Gasteiger partial charge in [-0.15, -0.1) is 0 Å². The average molecular weight is 175 g/mol. The summed E-state index contributed by atoms with van der Waals surface area (Å²) in [6, 6.07) is 4.21. The number of rotatable bonds is 2. The molecule has 0 amide bonds. The van der Waals surface area contributed by atoms with Crippen LogP contribution in [0.4, 0.5) is 0 Å². The highest BCUT2D eigenvalue weighted by molar-refractivity contribution is 5.62. The van der Waals surface area contributed by atoms with Gasteiger partial charge in [-0.1, -0.05) is 13.5 Å². The third-order valence-electron chi connectivity index (χ3n) is 2.42. The Kier molecular flexibility index (Phi) is 2.76. The van der Waals surface area contributed by atoms with Crippen LogP contribution in [0, 0.1) is 13.8 Å². The molecule has 0 saturated heterocycles. The van der Waals surface area contributed by atoms with E-state index >= 15 is 0 Å². The molecule has 1 nitrogen and oxygen atoms in total. The summed E-state index contributed by atoms with van der Waals surface area (Å²) >= 11 is 0. The van der Waals surface area contributed by atoms with E-state index in [0.717, 1.165) is 12.0 Å². The maximum Gasteiger partial charge on any atom is 0.0314 e. The van der Waals surface area contributed by atoms with Gasteiger partial charge in [0.1, 0.15) is 0 Å². The van der Waals surface area contributed by atoms with Gasteiger partial charge in [0.2, 0.25) is 0 Å². The van der Waals surface area contributed by atoms with Crippen molar-refractivity contribution >= 4 is 5.70 Å². The molecule has 0 atom stereocenters. The number of benzene rings is 1. The van der Waals surface area contributed by atoms with E-state index < -0.39 is 0 Å². The average Bonchev–Trinajstić information content (AvgIpc) is 2.03. The minimum atomic E-state index is 0.647. The van der Waals surface area contributed by atoms with Crippen LogP contribution in [0.1, 0.15) is 29.2 Å². The molecule has 0 spiro atoms. The molecule has 13 heavy (non-hydrogen) atoms. The third kappa shape index (κ3) is 1.92. The lowest BCUT2D eigenvalue weighted by Crippen LogP contribution is -1.98. The van der Waals surface area contributed by atoms with Gasteiger partial charge in [-0.05, 0) is 54.7 Å². The molecule has 1 aromatic carbocycles. The molecule has 0 radical (unpaired) electrons. The Morgan fingerprint density at radius 2 is 1.77 bits per heavy atom. The summed E-state index contributed by atoms with van der Waals surface area (Å²) in [6.07, 6.45) is 1.08. The topological polar surface area (TPSA) is 26.0 Å². The quantitative estimate of drug-likeness (QED) is 0.735. The molecule has 2 N–H and O–H groups in total. The smallest absolute Gasteiger partial charge is 0.0314 e. The Labute approximate surface area is 80.3 Å². The van der Waals surface area contributed by atoms with E-state index in [9.17, 15) is 0 Å². The molecule has 1 rings (SSSR count). The second-order valence-corrected chi connectivity index (χ2v) is 3.47. The number of aryl methyl sites for hydroxylation is 2. The second kappa shape index (κ2) is 3.65. The summed E-state index contributed by atoms with van der Waals surface area (Å²) in [5, 5.41) is 0. The van der Waals surface area contributed by atoms with E-state index in [1.54, 1.807) is 0 Å². The zero-order valence-corrected chi connectivity index (χ0v) is 8.65. The summed E-state index contributed by atoms with van der Waals surface area (Å²) in [4.78, 5) is 0. The highest BCUT2D eigenvalue weighted by atomic mass is 14.6. The predicted octanol–water partition coefficient (Wildman–Crippen LogP) is 2.80. The Morgan fingerprint density at radius 1 is 1.31 bits per heavy atom. The van der Waals surface area contributed by atoms with Gasteiger partial charge in [-0.2, -0.15) is 0 Å². The molecule has 0 aromatic heterocycles. The molecule has 0 saturated carbocycles. The molecule has 0 aliphatic carbocycles. The lowest BCUT2D eigenvalue weighted by molar-refractivity contribution is 1.08. The van der Waals surface area contributed by atoms with Gasteiger partial charge in [0.05, 0.1) is 0 Å². The summed E-state index contributed by atoms with van der Waals surface area (Å²) in [5.74, 6) is 0. The van der Waals surface area contributed by atoms with Crippen LogP contribution in [0.15, 0.2) is 18.7 Å². The molecular formula is C12H17N. The van der Waals surface area contributed by atoms with Crippen molar-refractivity contribution in [1.82, 2.24) is 0 Å². The van der Waals surface area contributed by atoms with Gasteiger partial charge < -0.3 is 5.73 Å². The summed E-state index contributed by atoms with van der Waals surface area (Å²) in [7, 11) is 0. The van der Waals surface area contributed by atoms with Crippen molar-refractivity contribution < 1.29 is 0 Å². The van der Waals surface area contributed by atoms with Crippen molar-refractivity contribution in [3.63, 3.8) is 0 Å². The van der Waals surface area contributed by atoms with E-state index in [2.05, 4.69) is 39.5 Å². The van der Waals surface area contributed by atoms with Crippen LogP contribution in [0.2, 0.25) is 0 Å². The molecule has 0 heterocycles. The van der Waals surface area contributed by atoms with Crippen molar-refractivity contribution in [2.75, 3.05) is 0 Å². The first-order valence-corrected chi connectivity index (χ1v) is 4.61. The van der Waals surface area contributed by atoms with E-state index in [-0.39, 0.29) is 0 Å². The highest BCUT2D eigenvalue weighted by Gasteiger charge is 2.03. The molecule has 0 fully saturated rings. The Hall–Kier alpha value is -1.24. The lowest BCUT2D eigenvalue weighted by atomic mass is 9.97. The molecule has 1 heteroatoms. The minimum absolute atomic E-state index is 0.647. The predicted molar refractivity (Wildman–Crippen MR) is 58.5 cm³/mol. The standard InChI is InChI=1S/C12H17N/c1-5-12-8(2)6-11(10(4)13)7-9(12)3/h6-7H,4-5,13H2,1-3H3. The Balaban J connectivity index is 3.28. The maximum atomic E-state index is 5.65. The van der Waals surface area contributed by atoms with Crippen LogP contribution in [-0.4, -0.2) is 0 Å². The molecule has 0 unspecified atom stereocenters. The Morgan fingerprint density at radius 3 is 2.08 bits per heavy atom. The van der Waals surface area contributed by atoms with Crippen LogP contribution in [0.5, 0.6) is 0 Å². The third-order valence-corrected chi connectivity index (χ3v) is 2.42. The number of hydrogen-bond donors (Lipinski definition) is 1. The normalized spacial score (nSPS) is 10.1. The molecule has 70 valence electrons. The van der Waals surface area contributed by atoms with Gasteiger partial charge in [0.25, 0.3) is 0 Å². The number of nitrogens with two attached hydrogens (primary N) is 1. The fraction of sp³-hybridized carbons (Fsp3) is 0.333. The van der Waals surface area contributed by atoms with Crippen molar-refractivity contribution in [3.05, 3.63) is 41.0 Å². The van der Waals surface area contributed by atoms with Gasteiger partial charge in [-0.3, -0.25) is 0 Å². The van der Waals surface area contributed by atoms with Crippen LogP contribution in [0.3, 0.4) is 0 Å². The molecule has 0 aliphatic rings. The zero-order valence-electron chi connectivity index (χ0n) is 8.65. The number of hydrogen-bond acceptors (Lipinski definition) is 1. The van der Waals surface area contributed by atoms with Crippen LogP contribution in [0.25, 0.3) is 5.70 Å². The van der Waals surface area contributed by atoms with E-state index in [1.807, 2.05) is 0 Å². The first kappa shape index (κ1) is 9.85. The fourth-order valence-electron chi connectivity index (χ4n) is 1.74. The van der Waals surface area contributed by atoms with Crippen molar-refractivity contribution in [2.45, 2.75) is 27.2 Å². The maximum absolute atomic E-state index is 5.65. The molecule has 0 bridgehead atoms. The lowest BCUT2D eigenvalue weighted by Gasteiger charge is -2.10. The van der Waals surface area contributed by atoms with Crippen molar-refractivity contribution in [3.8, 4) is 0 Å². The van der Waals surface area contributed by atoms with E-state index in [1.165, 1.54) is 16.7 Å². The van der Waals surface area contributed by atoms with Gasteiger partial charge in [-0.25, -0.2) is 0 Å². The fourth-order valence-corrected chi connectivity index (χ4v) is 1.74. The minimum Gasteiger partial charge on any atom is -0.399 e.